The number of nitrogens with zero attached hydrogens (tertiary/aromatic N) is 4. The summed E-state index contributed by atoms with van der Waals surface area (Å²) in [5, 5.41) is 10.8. The summed E-state index contributed by atoms with van der Waals surface area (Å²) in [7, 11) is -4.27. The van der Waals surface area contributed by atoms with Crippen LogP contribution in [0.4, 0.5) is 8.78 Å². The molecule has 2 aromatic heterocycles. The van der Waals surface area contributed by atoms with E-state index in [1.165, 1.54) is 26.2 Å². The fourth-order valence-electron chi connectivity index (χ4n) is 12.0. The minimum atomic E-state index is -5.91. The van der Waals surface area contributed by atoms with Gasteiger partial charge >= 0.3 is 18.9 Å². The quantitative estimate of drug-likeness (QED) is 0.0447. The minimum absolute atomic E-state index is 0.0289. The van der Waals surface area contributed by atoms with Crippen LogP contribution in [0.2, 0.25) is 0 Å². The molecule has 1 aliphatic carbocycles. The third-order valence-corrected chi connectivity index (χ3v) is 18.8. The maximum atomic E-state index is 15.1. The summed E-state index contributed by atoms with van der Waals surface area (Å²) in [6, 6.07) is 12.5. The van der Waals surface area contributed by atoms with Gasteiger partial charge in [0.15, 0.2) is 0 Å². The van der Waals surface area contributed by atoms with Crippen molar-refractivity contribution in [3.05, 3.63) is 104 Å². The molecule has 3 aromatic carbocycles. The number of imide groups is 1. The summed E-state index contributed by atoms with van der Waals surface area (Å²) in [5.41, 5.74) is 3.83. The Labute approximate surface area is 474 Å². The molecule has 3 saturated heterocycles. The van der Waals surface area contributed by atoms with Crippen molar-refractivity contribution in [1.82, 2.24) is 40.2 Å². The van der Waals surface area contributed by atoms with Gasteiger partial charge in [-0.1, -0.05) is 50.2 Å². The molecule has 5 atom stereocenters. The highest BCUT2D eigenvalue weighted by Gasteiger charge is 2.51. The number of primary amides is 1. The number of amides is 8. The topological polar surface area (TPSA) is 302 Å². The fraction of sp³-hybridized carbons (Fsp3) is 0.491. The molecule has 0 radical (unpaired) electrons. The van der Waals surface area contributed by atoms with Crippen molar-refractivity contribution >= 4 is 87.3 Å². The van der Waals surface area contributed by atoms with E-state index in [1.807, 2.05) is 42.5 Å². The summed E-state index contributed by atoms with van der Waals surface area (Å²) >= 11 is 0.888. The molecule has 3 aliphatic heterocycles. The molecule has 25 heteroatoms. The highest BCUT2D eigenvalue weighted by molar-refractivity contribution is 7.52. The fourth-order valence-corrected chi connectivity index (χ4v) is 13.4. The second-order valence-corrected chi connectivity index (χ2v) is 25.2. The van der Waals surface area contributed by atoms with E-state index in [0.717, 1.165) is 59.4 Å². The zero-order valence-corrected chi connectivity index (χ0v) is 47.4. The van der Waals surface area contributed by atoms with Gasteiger partial charge in [0.1, 0.15) is 24.2 Å². The Bertz CT molecular complexity index is 3440. The molecular formula is C57H68F2N9O12PS. The van der Waals surface area contributed by atoms with Crippen molar-refractivity contribution in [2.45, 2.75) is 146 Å². The maximum Gasteiger partial charge on any atom is 0.399 e. The number of carbonyl (C=O) groups is 8. The van der Waals surface area contributed by atoms with Gasteiger partial charge in [0.25, 0.3) is 5.91 Å². The number of halogens is 2. The van der Waals surface area contributed by atoms with E-state index in [2.05, 4.69) is 35.1 Å². The number of hydrogen-bond donors (Lipinski definition) is 7. The standard InChI is InChI=1S/C57H68F2N9O12PS/c1-31(2)35-11-8-34(9-12-35)29-61-50(71)40(17-22-48(60)69)62-51(72)43-19-16-39-24-25-66(30-41(55(76)67(39)43)63-53(74)47-28-37-27-38(15-21-46(37)82-47)57(58,59)81(78,79)80)54(75)36-13-6-32(7-14-36)4-5-33-10-18-42-45(26-33)65(3)56(77)68(42)44-20-23-49(70)64-52(44)73/h8-12,15,18,21,26-28,31-32,36,39-41,43-44H,4-7,13-14,16-17,19-20,22-25,29-30H2,1-3H3,(H2,60,69)(H,61,71)(H,62,72)(H,63,74)(H,64,70,73)(H2,78,79,80)/t32?,36?,39-,40+,41+,43+,44?/m1/s1. The molecule has 82 heavy (non-hydrogen) atoms. The SMILES string of the molecule is CC(C)c1ccc(CNC(=O)[C@H](CCC(N)=O)NC(=O)[C@@H]2CC[C@@H]3CCN(C(=O)C4CCC(CCc5ccc6c(c5)n(C)c(=O)n6C5CCC(=O)NC5=O)CC4)C[C@H](NC(=O)c4cc5cc(C(F)(F)P(=O)(O)O)ccc5s4)C(=O)N32)cc1. The number of fused-ring (bicyclic) bond motifs is 3. The van der Waals surface area contributed by atoms with Crippen LogP contribution >= 0.6 is 18.9 Å². The van der Waals surface area contributed by atoms with E-state index in [0.29, 0.717) is 53.8 Å². The molecular weight excluding hydrogens is 1100 g/mol. The van der Waals surface area contributed by atoms with E-state index in [1.54, 1.807) is 11.9 Å². The van der Waals surface area contributed by atoms with Crippen LogP contribution in [0.15, 0.2) is 71.5 Å². The number of aryl methyl sites for hydroxylation is 2. The first kappa shape index (κ1) is 59.5. The average Bonchev–Trinajstić information content (AvgIpc) is 4.07. The van der Waals surface area contributed by atoms with Crippen LogP contribution in [-0.2, 0) is 63.8 Å². The number of alkyl halides is 2. The number of rotatable bonds is 18. The summed E-state index contributed by atoms with van der Waals surface area (Å²) in [5.74, 6) is -4.31. The predicted molar refractivity (Wildman–Crippen MR) is 299 cm³/mol. The highest BCUT2D eigenvalue weighted by Crippen LogP contribution is 2.59. The Morgan fingerprint density at radius 2 is 1.60 bits per heavy atom. The van der Waals surface area contributed by atoms with Crippen molar-refractivity contribution in [3.63, 3.8) is 0 Å². The summed E-state index contributed by atoms with van der Waals surface area (Å²) < 4.78 is 44.5. The molecule has 1 saturated carbocycles. The molecule has 5 aromatic rings. The molecule has 21 nitrogen and oxygen atoms in total. The molecule has 9 rings (SSSR count). The van der Waals surface area contributed by atoms with Crippen LogP contribution in [0.25, 0.3) is 21.1 Å². The average molecular weight is 1170 g/mol. The third-order valence-electron chi connectivity index (χ3n) is 16.7. The smallest absolute Gasteiger partial charge is 0.370 e. The number of hydrogen-bond acceptors (Lipinski definition) is 11. The zero-order chi connectivity index (χ0) is 58.9. The Morgan fingerprint density at radius 1 is 0.878 bits per heavy atom. The third kappa shape index (κ3) is 12.7. The van der Waals surface area contributed by atoms with Gasteiger partial charge in [-0.2, -0.15) is 8.78 Å². The van der Waals surface area contributed by atoms with E-state index in [4.69, 9.17) is 5.73 Å². The molecule has 8 N–H and O–H groups in total. The Balaban J connectivity index is 0.896. The summed E-state index contributed by atoms with van der Waals surface area (Å²) in [6.45, 7) is 4.15. The normalized spacial score (nSPS) is 22.1. The molecule has 5 heterocycles. The second kappa shape index (κ2) is 24.4. The Hall–Kier alpha value is -7.14. The lowest BCUT2D eigenvalue weighted by Crippen LogP contribution is -2.62. The summed E-state index contributed by atoms with van der Waals surface area (Å²) in [4.78, 5) is 144. The van der Waals surface area contributed by atoms with Crippen LogP contribution < -0.4 is 32.7 Å². The zero-order valence-electron chi connectivity index (χ0n) is 45.7. The number of aromatic nitrogens is 2. The van der Waals surface area contributed by atoms with Gasteiger partial charge in [0, 0.05) is 61.7 Å². The van der Waals surface area contributed by atoms with Crippen LogP contribution in [0.3, 0.4) is 0 Å². The lowest BCUT2D eigenvalue weighted by molar-refractivity contribution is -0.147. The molecule has 0 bridgehead atoms. The number of piperidine rings is 1. The van der Waals surface area contributed by atoms with Crippen LogP contribution in [-0.4, -0.2) is 113 Å². The Kier molecular flexibility index (Phi) is 17.7. The van der Waals surface area contributed by atoms with Crippen LogP contribution in [0.1, 0.15) is 135 Å². The molecule has 8 amide bonds. The second-order valence-electron chi connectivity index (χ2n) is 22.5. The van der Waals surface area contributed by atoms with Crippen molar-refractivity contribution in [1.29, 1.82) is 0 Å². The first-order valence-electron chi connectivity index (χ1n) is 27.8. The van der Waals surface area contributed by atoms with Crippen LogP contribution in [0.5, 0.6) is 0 Å². The van der Waals surface area contributed by atoms with Gasteiger partial charge < -0.3 is 41.3 Å². The monoisotopic (exact) mass is 1170 g/mol. The van der Waals surface area contributed by atoms with Gasteiger partial charge in [0.05, 0.1) is 15.9 Å². The lowest BCUT2D eigenvalue weighted by Gasteiger charge is -2.40. The molecule has 1 unspecified atom stereocenters. The van der Waals surface area contributed by atoms with Crippen molar-refractivity contribution in [2.75, 3.05) is 13.1 Å². The van der Waals surface area contributed by atoms with Crippen LogP contribution in [0, 0.1) is 11.8 Å². The number of nitrogens with two attached hydrogens (primary N) is 1. The summed E-state index contributed by atoms with van der Waals surface area (Å²) in [6.07, 6.45) is 4.91. The van der Waals surface area contributed by atoms with Crippen molar-refractivity contribution in [3.8, 4) is 0 Å². The van der Waals surface area contributed by atoms with Gasteiger partial charge in [-0.25, -0.2) is 4.79 Å². The van der Waals surface area contributed by atoms with Gasteiger partial charge in [-0.05, 0) is 135 Å². The van der Waals surface area contributed by atoms with Gasteiger partial charge in [-0.15, -0.1) is 11.3 Å². The number of benzene rings is 3. The lowest BCUT2D eigenvalue weighted by atomic mass is 9.79. The number of thiophene rings is 1. The number of carbonyl (C=O) groups excluding carboxylic acids is 8. The minimum Gasteiger partial charge on any atom is -0.370 e. The Morgan fingerprint density at radius 3 is 2.28 bits per heavy atom. The molecule has 0 spiro atoms. The van der Waals surface area contributed by atoms with E-state index < -0.39 is 90.4 Å². The van der Waals surface area contributed by atoms with Gasteiger partial charge in [0.2, 0.25) is 41.4 Å². The molecule has 4 aliphatic rings. The first-order chi connectivity index (χ1) is 38.9. The van der Waals surface area contributed by atoms with Crippen molar-refractivity contribution < 1.29 is 61.5 Å². The van der Waals surface area contributed by atoms with E-state index in [-0.39, 0.29) is 85.4 Å². The van der Waals surface area contributed by atoms with E-state index >= 15 is 4.79 Å². The van der Waals surface area contributed by atoms with Crippen molar-refractivity contribution in [2.24, 2.45) is 24.6 Å². The van der Waals surface area contributed by atoms with E-state index in [9.17, 15) is 61.5 Å². The largest absolute Gasteiger partial charge is 0.399 e. The first-order valence-corrected chi connectivity index (χ1v) is 30.2. The number of nitrogens with one attached hydrogen (secondary N) is 4. The van der Waals surface area contributed by atoms with Gasteiger partial charge in [-0.3, -0.25) is 57.4 Å². The number of imidazole rings is 1. The molecule has 438 valence electrons. The highest BCUT2D eigenvalue weighted by atomic mass is 32.1. The predicted octanol–water partition coefficient (Wildman–Crippen LogP) is 5.08. The maximum absolute atomic E-state index is 15.1. The molecule has 4 fully saturated rings.